The van der Waals surface area contributed by atoms with Crippen molar-refractivity contribution in [1.29, 1.82) is 0 Å². The third kappa shape index (κ3) is 3.72. The van der Waals surface area contributed by atoms with Gasteiger partial charge in [0.25, 0.3) is 0 Å². The highest BCUT2D eigenvalue weighted by atomic mass is 35.5. The van der Waals surface area contributed by atoms with E-state index in [1.807, 2.05) is 43.9 Å². The van der Waals surface area contributed by atoms with Crippen LogP contribution >= 0.6 is 11.6 Å². The summed E-state index contributed by atoms with van der Waals surface area (Å²) in [4.78, 5) is 13.3. The first kappa shape index (κ1) is 15.0. The van der Waals surface area contributed by atoms with Crippen LogP contribution in [0.2, 0.25) is 5.02 Å². The largest absolute Gasteiger partial charge is 0.480 e. The molecule has 100 valence electrons. The summed E-state index contributed by atoms with van der Waals surface area (Å²) >= 11 is 6.06. The molecule has 3 nitrogen and oxygen atoms in total. The number of carboxylic acids is 1. The molecule has 0 saturated carbocycles. The standard InChI is InChI=1S/C14H20ClNO2/c1-4-16(5-2)13(14(17)18)9-11-7-6-10(3)12(15)8-11/h6-8,13H,4-5,9H2,1-3H3,(H,17,18). The maximum atomic E-state index is 11.3. The van der Waals surface area contributed by atoms with Crippen molar-refractivity contribution in [2.75, 3.05) is 13.1 Å². The molecule has 1 N–H and O–H groups in total. The zero-order chi connectivity index (χ0) is 13.7. The van der Waals surface area contributed by atoms with Crippen molar-refractivity contribution < 1.29 is 9.90 Å². The maximum absolute atomic E-state index is 11.3. The van der Waals surface area contributed by atoms with Gasteiger partial charge < -0.3 is 5.11 Å². The molecule has 0 saturated heterocycles. The van der Waals surface area contributed by atoms with Gasteiger partial charge in [0.1, 0.15) is 6.04 Å². The summed E-state index contributed by atoms with van der Waals surface area (Å²) < 4.78 is 0. The van der Waals surface area contributed by atoms with Crippen molar-refractivity contribution in [3.8, 4) is 0 Å². The highest BCUT2D eigenvalue weighted by Gasteiger charge is 2.23. The molecule has 0 fully saturated rings. The Morgan fingerprint density at radius 3 is 2.44 bits per heavy atom. The Balaban J connectivity index is 2.89. The van der Waals surface area contributed by atoms with Crippen LogP contribution in [0.3, 0.4) is 0 Å². The molecule has 1 atom stereocenters. The van der Waals surface area contributed by atoms with Gasteiger partial charge in [-0.25, -0.2) is 0 Å². The first-order valence-corrected chi connectivity index (χ1v) is 6.59. The molecule has 0 aliphatic carbocycles. The van der Waals surface area contributed by atoms with Crippen molar-refractivity contribution in [3.05, 3.63) is 34.3 Å². The zero-order valence-corrected chi connectivity index (χ0v) is 11.9. The van der Waals surface area contributed by atoms with E-state index in [-0.39, 0.29) is 0 Å². The number of hydrogen-bond acceptors (Lipinski definition) is 2. The number of benzene rings is 1. The van der Waals surface area contributed by atoms with Crippen molar-refractivity contribution in [1.82, 2.24) is 4.90 Å². The number of carbonyl (C=O) groups is 1. The third-order valence-corrected chi connectivity index (χ3v) is 3.61. The average molecular weight is 270 g/mol. The fourth-order valence-corrected chi connectivity index (χ4v) is 2.23. The fraction of sp³-hybridized carbons (Fsp3) is 0.500. The lowest BCUT2D eigenvalue weighted by Gasteiger charge is -2.26. The molecule has 0 amide bonds. The van der Waals surface area contributed by atoms with E-state index in [9.17, 15) is 9.90 Å². The van der Waals surface area contributed by atoms with Gasteiger partial charge >= 0.3 is 5.97 Å². The second kappa shape index (κ2) is 6.76. The lowest BCUT2D eigenvalue weighted by molar-refractivity contribution is -0.143. The van der Waals surface area contributed by atoms with Crippen LogP contribution in [0.5, 0.6) is 0 Å². The van der Waals surface area contributed by atoms with E-state index >= 15 is 0 Å². The molecule has 4 heteroatoms. The van der Waals surface area contributed by atoms with E-state index < -0.39 is 12.0 Å². The van der Waals surface area contributed by atoms with E-state index in [4.69, 9.17) is 11.6 Å². The van der Waals surface area contributed by atoms with Crippen LogP contribution in [0, 0.1) is 6.92 Å². The monoisotopic (exact) mass is 269 g/mol. The lowest BCUT2D eigenvalue weighted by atomic mass is 10.0. The van der Waals surface area contributed by atoms with E-state index in [1.165, 1.54) is 0 Å². The Kier molecular flexibility index (Phi) is 5.63. The highest BCUT2D eigenvalue weighted by molar-refractivity contribution is 6.31. The van der Waals surface area contributed by atoms with Crippen LogP contribution in [0.15, 0.2) is 18.2 Å². The topological polar surface area (TPSA) is 40.5 Å². The van der Waals surface area contributed by atoms with Gasteiger partial charge in [0, 0.05) is 5.02 Å². The van der Waals surface area contributed by atoms with Gasteiger partial charge in [0.2, 0.25) is 0 Å². The van der Waals surface area contributed by atoms with Crippen LogP contribution in [0.25, 0.3) is 0 Å². The van der Waals surface area contributed by atoms with Crippen LogP contribution in [0.4, 0.5) is 0 Å². The summed E-state index contributed by atoms with van der Waals surface area (Å²) in [7, 11) is 0. The van der Waals surface area contributed by atoms with Crippen LogP contribution < -0.4 is 0 Å². The molecule has 1 rings (SSSR count). The Morgan fingerprint density at radius 1 is 1.39 bits per heavy atom. The molecule has 0 spiro atoms. The Labute approximate surface area is 113 Å². The summed E-state index contributed by atoms with van der Waals surface area (Å²) in [5.41, 5.74) is 1.97. The molecule has 1 aromatic carbocycles. The van der Waals surface area contributed by atoms with E-state index in [0.717, 1.165) is 24.2 Å². The quantitative estimate of drug-likeness (QED) is 0.863. The SMILES string of the molecule is CCN(CC)C(Cc1ccc(C)c(Cl)c1)C(=O)O. The fourth-order valence-electron chi connectivity index (χ4n) is 2.02. The second-order valence-electron chi connectivity index (χ2n) is 4.36. The number of nitrogens with zero attached hydrogens (tertiary/aromatic N) is 1. The zero-order valence-electron chi connectivity index (χ0n) is 11.1. The molecule has 1 unspecified atom stereocenters. The molecule has 0 heterocycles. The van der Waals surface area contributed by atoms with Gasteiger partial charge in [-0.3, -0.25) is 9.69 Å². The minimum absolute atomic E-state index is 0.483. The molecule has 0 aliphatic rings. The first-order chi connectivity index (χ1) is 8.49. The molecule has 0 bridgehead atoms. The number of carboxylic acid groups (broad SMARTS) is 1. The van der Waals surface area contributed by atoms with Gasteiger partial charge in [-0.15, -0.1) is 0 Å². The van der Waals surface area contributed by atoms with Crippen LogP contribution in [0.1, 0.15) is 25.0 Å². The number of halogens is 1. The minimum Gasteiger partial charge on any atom is -0.480 e. The smallest absolute Gasteiger partial charge is 0.321 e. The molecular weight excluding hydrogens is 250 g/mol. The normalized spacial score (nSPS) is 12.7. The summed E-state index contributed by atoms with van der Waals surface area (Å²) in [6.45, 7) is 7.34. The van der Waals surface area contributed by atoms with E-state index in [1.54, 1.807) is 0 Å². The van der Waals surface area contributed by atoms with E-state index in [2.05, 4.69) is 0 Å². The molecule has 18 heavy (non-hydrogen) atoms. The molecular formula is C14H20ClNO2. The van der Waals surface area contributed by atoms with E-state index in [0.29, 0.717) is 11.4 Å². The second-order valence-corrected chi connectivity index (χ2v) is 4.77. The van der Waals surface area contributed by atoms with Gasteiger partial charge in [-0.05, 0) is 43.6 Å². The summed E-state index contributed by atoms with van der Waals surface area (Å²) in [6, 6.07) is 5.24. The molecule has 0 aliphatic heterocycles. The van der Waals surface area contributed by atoms with Crippen molar-refractivity contribution >= 4 is 17.6 Å². The van der Waals surface area contributed by atoms with Crippen molar-refractivity contribution in [3.63, 3.8) is 0 Å². The van der Waals surface area contributed by atoms with Gasteiger partial charge in [0.05, 0.1) is 0 Å². The number of rotatable bonds is 6. The number of hydrogen-bond donors (Lipinski definition) is 1. The van der Waals surface area contributed by atoms with Gasteiger partial charge in [-0.2, -0.15) is 0 Å². The Hall–Kier alpha value is -1.06. The third-order valence-electron chi connectivity index (χ3n) is 3.20. The molecule has 1 aromatic rings. The maximum Gasteiger partial charge on any atom is 0.321 e. The van der Waals surface area contributed by atoms with Gasteiger partial charge in [-0.1, -0.05) is 37.6 Å². The Morgan fingerprint density at radius 2 is 2.00 bits per heavy atom. The molecule has 0 aromatic heterocycles. The minimum atomic E-state index is -0.782. The number of aliphatic carboxylic acids is 1. The highest BCUT2D eigenvalue weighted by Crippen LogP contribution is 2.19. The predicted molar refractivity (Wildman–Crippen MR) is 74.2 cm³/mol. The average Bonchev–Trinajstić information content (AvgIpc) is 2.33. The predicted octanol–water partition coefficient (Wildman–Crippen LogP) is 2.99. The van der Waals surface area contributed by atoms with Crippen molar-refractivity contribution in [2.45, 2.75) is 33.2 Å². The van der Waals surface area contributed by atoms with Gasteiger partial charge in [0.15, 0.2) is 0 Å². The summed E-state index contributed by atoms with van der Waals surface area (Å²) in [5.74, 6) is -0.782. The summed E-state index contributed by atoms with van der Waals surface area (Å²) in [6.07, 6.45) is 0.483. The van der Waals surface area contributed by atoms with Crippen LogP contribution in [-0.2, 0) is 11.2 Å². The lowest BCUT2D eigenvalue weighted by Crippen LogP contribution is -2.42. The molecule has 0 radical (unpaired) electrons. The Bertz CT molecular complexity index is 416. The first-order valence-electron chi connectivity index (χ1n) is 6.21. The number of likely N-dealkylation sites (N-methyl/N-ethyl adjacent to an activating group) is 1. The number of aryl methyl sites for hydroxylation is 1. The van der Waals surface area contributed by atoms with Crippen LogP contribution in [-0.4, -0.2) is 35.1 Å². The van der Waals surface area contributed by atoms with Crippen molar-refractivity contribution in [2.24, 2.45) is 0 Å². The summed E-state index contributed by atoms with van der Waals surface area (Å²) in [5, 5.41) is 10.0.